The van der Waals surface area contributed by atoms with Crippen molar-refractivity contribution in [1.82, 2.24) is 0 Å². The Morgan fingerprint density at radius 2 is 1.67 bits per heavy atom. The molecular weight excluding hydrogens is 226 g/mol. The molecule has 2 N–H and O–H groups in total. The molecule has 1 aliphatic heterocycles. The first kappa shape index (κ1) is 15.6. The predicted octanol–water partition coefficient (Wildman–Crippen LogP) is 3.06. The highest BCUT2D eigenvalue weighted by molar-refractivity contribution is 5.82. The third kappa shape index (κ3) is 5.96. The Morgan fingerprint density at radius 3 is 2.22 bits per heavy atom. The van der Waals surface area contributed by atoms with Gasteiger partial charge in [-0.1, -0.05) is 51.9 Å². The molecule has 3 heteroatoms. The summed E-state index contributed by atoms with van der Waals surface area (Å²) in [4.78, 5) is 11.9. The third-order valence-corrected chi connectivity index (χ3v) is 3.81. The van der Waals surface area contributed by atoms with E-state index in [1.165, 1.54) is 44.9 Å². The van der Waals surface area contributed by atoms with Gasteiger partial charge in [0.1, 0.15) is 5.78 Å². The highest BCUT2D eigenvalue weighted by atomic mass is 16.5. The number of hydrogen-bond acceptors (Lipinski definition) is 3. The lowest BCUT2D eigenvalue weighted by atomic mass is 9.95. The standard InChI is InChI=1S/C15H29NO2/c1-2-3-4-5-6-7-8-9-10-15(17)13-11-18-12-14(13)16/h13-14H,2-12,16H2,1H3. The molecule has 0 spiro atoms. The largest absolute Gasteiger partial charge is 0.379 e. The molecule has 1 saturated heterocycles. The van der Waals surface area contributed by atoms with Gasteiger partial charge in [0.15, 0.2) is 0 Å². The van der Waals surface area contributed by atoms with E-state index in [1.54, 1.807) is 0 Å². The molecular formula is C15H29NO2. The van der Waals surface area contributed by atoms with Gasteiger partial charge in [-0.25, -0.2) is 0 Å². The Labute approximate surface area is 111 Å². The van der Waals surface area contributed by atoms with Gasteiger partial charge in [0, 0.05) is 12.5 Å². The SMILES string of the molecule is CCCCCCCCCCC(=O)C1COCC1N. The van der Waals surface area contributed by atoms with Crippen LogP contribution in [0.4, 0.5) is 0 Å². The van der Waals surface area contributed by atoms with Crippen LogP contribution < -0.4 is 5.73 Å². The number of nitrogens with two attached hydrogens (primary N) is 1. The maximum atomic E-state index is 11.9. The Kier molecular flexibility index (Phi) is 8.27. The van der Waals surface area contributed by atoms with Gasteiger partial charge in [-0.15, -0.1) is 0 Å². The van der Waals surface area contributed by atoms with E-state index in [9.17, 15) is 4.79 Å². The molecule has 106 valence electrons. The quantitative estimate of drug-likeness (QED) is 0.610. The second kappa shape index (κ2) is 9.51. The van der Waals surface area contributed by atoms with Crippen LogP contribution in [0.5, 0.6) is 0 Å². The molecule has 0 saturated carbocycles. The summed E-state index contributed by atoms with van der Waals surface area (Å²) in [6.07, 6.45) is 10.9. The molecule has 2 atom stereocenters. The number of unbranched alkanes of at least 4 members (excludes halogenated alkanes) is 7. The summed E-state index contributed by atoms with van der Waals surface area (Å²) < 4.78 is 5.23. The third-order valence-electron chi connectivity index (χ3n) is 3.81. The Morgan fingerprint density at radius 1 is 1.06 bits per heavy atom. The zero-order valence-corrected chi connectivity index (χ0v) is 11.8. The number of carbonyl (C=O) groups is 1. The van der Waals surface area contributed by atoms with Gasteiger partial charge in [-0.3, -0.25) is 4.79 Å². The van der Waals surface area contributed by atoms with Crippen LogP contribution in [-0.2, 0) is 9.53 Å². The molecule has 0 bridgehead atoms. The summed E-state index contributed by atoms with van der Waals surface area (Å²) in [6.45, 7) is 3.33. The van der Waals surface area contributed by atoms with Crippen LogP contribution >= 0.6 is 0 Å². The Balaban J connectivity index is 1.92. The second-order valence-corrected chi connectivity index (χ2v) is 5.50. The lowest BCUT2D eigenvalue weighted by Gasteiger charge is -2.11. The van der Waals surface area contributed by atoms with Crippen molar-refractivity contribution in [1.29, 1.82) is 0 Å². The van der Waals surface area contributed by atoms with Gasteiger partial charge in [-0.2, -0.15) is 0 Å². The van der Waals surface area contributed by atoms with E-state index in [1.807, 2.05) is 0 Å². The molecule has 1 heterocycles. The number of carbonyl (C=O) groups excluding carboxylic acids is 1. The molecule has 0 aliphatic carbocycles. The van der Waals surface area contributed by atoms with Crippen molar-refractivity contribution in [3.05, 3.63) is 0 Å². The average Bonchev–Trinajstić information content (AvgIpc) is 2.79. The number of Topliss-reactive ketones (excluding diaryl/α,β-unsaturated/α-hetero) is 1. The maximum Gasteiger partial charge on any atom is 0.139 e. The molecule has 1 aliphatic rings. The first-order valence-corrected chi connectivity index (χ1v) is 7.61. The summed E-state index contributed by atoms with van der Waals surface area (Å²) >= 11 is 0. The van der Waals surface area contributed by atoms with E-state index in [2.05, 4.69) is 6.92 Å². The summed E-state index contributed by atoms with van der Waals surface area (Å²) in [6, 6.07) is -0.0634. The molecule has 0 aromatic rings. The minimum Gasteiger partial charge on any atom is -0.379 e. The van der Waals surface area contributed by atoms with Crippen molar-refractivity contribution in [3.63, 3.8) is 0 Å². The zero-order chi connectivity index (χ0) is 13.2. The van der Waals surface area contributed by atoms with Crippen molar-refractivity contribution in [2.45, 2.75) is 70.8 Å². The number of hydrogen-bond donors (Lipinski definition) is 1. The van der Waals surface area contributed by atoms with Crippen LogP contribution in [0.2, 0.25) is 0 Å². The van der Waals surface area contributed by atoms with E-state index in [4.69, 9.17) is 10.5 Å². The first-order chi connectivity index (χ1) is 8.75. The van der Waals surface area contributed by atoms with Crippen molar-refractivity contribution in [2.24, 2.45) is 11.7 Å². The van der Waals surface area contributed by atoms with Gasteiger partial charge in [0.2, 0.25) is 0 Å². The van der Waals surface area contributed by atoms with E-state index in [-0.39, 0.29) is 12.0 Å². The lowest BCUT2D eigenvalue weighted by molar-refractivity contribution is -0.123. The van der Waals surface area contributed by atoms with Crippen molar-refractivity contribution in [3.8, 4) is 0 Å². The molecule has 1 fully saturated rings. The van der Waals surface area contributed by atoms with Crippen LogP contribution in [0.15, 0.2) is 0 Å². The fourth-order valence-corrected chi connectivity index (χ4v) is 2.52. The predicted molar refractivity (Wildman–Crippen MR) is 74.5 cm³/mol. The van der Waals surface area contributed by atoms with E-state index in [0.29, 0.717) is 25.4 Å². The minimum atomic E-state index is -0.0634. The summed E-state index contributed by atoms with van der Waals surface area (Å²) in [5.74, 6) is 0.278. The first-order valence-electron chi connectivity index (χ1n) is 7.61. The van der Waals surface area contributed by atoms with Crippen molar-refractivity contribution in [2.75, 3.05) is 13.2 Å². The number of ether oxygens (including phenoxy) is 1. The molecule has 1 rings (SSSR count). The van der Waals surface area contributed by atoms with Crippen LogP contribution in [0.3, 0.4) is 0 Å². The summed E-state index contributed by atoms with van der Waals surface area (Å²) in [5.41, 5.74) is 5.83. The van der Waals surface area contributed by atoms with Crippen LogP contribution in [-0.4, -0.2) is 25.0 Å². The average molecular weight is 255 g/mol. The highest BCUT2D eigenvalue weighted by Gasteiger charge is 2.30. The van der Waals surface area contributed by atoms with Crippen molar-refractivity contribution >= 4 is 5.78 Å². The van der Waals surface area contributed by atoms with Crippen LogP contribution in [0, 0.1) is 5.92 Å². The van der Waals surface area contributed by atoms with Gasteiger partial charge < -0.3 is 10.5 Å². The molecule has 2 unspecified atom stereocenters. The highest BCUT2D eigenvalue weighted by Crippen LogP contribution is 2.17. The summed E-state index contributed by atoms with van der Waals surface area (Å²) in [7, 11) is 0. The van der Waals surface area contributed by atoms with Gasteiger partial charge in [0.25, 0.3) is 0 Å². The smallest absolute Gasteiger partial charge is 0.139 e. The maximum absolute atomic E-state index is 11.9. The molecule has 3 nitrogen and oxygen atoms in total. The van der Waals surface area contributed by atoms with Crippen LogP contribution in [0.25, 0.3) is 0 Å². The van der Waals surface area contributed by atoms with Crippen LogP contribution in [0.1, 0.15) is 64.7 Å². The number of ketones is 1. The Hall–Kier alpha value is -0.410. The van der Waals surface area contributed by atoms with Crippen molar-refractivity contribution < 1.29 is 9.53 Å². The molecule has 0 amide bonds. The fourth-order valence-electron chi connectivity index (χ4n) is 2.52. The molecule has 0 radical (unpaired) electrons. The van der Waals surface area contributed by atoms with E-state index in [0.717, 1.165) is 6.42 Å². The normalized spacial score (nSPS) is 23.4. The number of rotatable bonds is 10. The monoisotopic (exact) mass is 255 g/mol. The Bertz CT molecular complexity index is 231. The topological polar surface area (TPSA) is 52.3 Å². The molecule has 0 aromatic carbocycles. The van der Waals surface area contributed by atoms with E-state index >= 15 is 0 Å². The molecule has 18 heavy (non-hydrogen) atoms. The lowest BCUT2D eigenvalue weighted by Crippen LogP contribution is -2.33. The summed E-state index contributed by atoms with van der Waals surface area (Å²) in [5, 5.41) is 0. The van der Waals surface area contributed by atoms with Gasteiger partial charge in [0.05, 0.1) is 19.1 Å². The zero-order valence-electron chi connectivity index (χ0n) is 11.8. The second-order valence-electron chi connectivity index (χ2n) is 5.50. The fraction of sp³-hybridized carbons (Fsp3) is 0.933. The van der Waals surface area contributed by atoms with Gasteiger partial charge in [-0.05, 0) is 6.42 Å². The van der Waals surface area contributed by atoms with E-state index < -0.39 is 0 Å². The minimum absolute atomic E-state index is 0.0328. The van der Waals surface area contributed by atoms with Gasteiger partial charge >= 0.3 is 0 Å². The molecule has 0 aromatic heterocycles.